The Hall–Kier alpha value is -8.00. The third-order valence-electron chi connectivity index (χ3n) is 15.8. The minimum Gasteiger partial charge on any atom is -0.310 e. The predicted molar refractivity (Wildman–Crippen MR) is 284 cm³/mol. The average molecular weight is 870 g/mol. The van der Waals surface area contributed by atoms with E-state index in [1.165, 1.54) is 100 Å². The van der Waals surface area contributed by atoms with Gasteiger partial charge in [0.05, 0.1) is 11.1 Å². The molecule has 324 valence electrons. The van der Waals surface area contributed by atoms with Gasteiger partial charge in [-0.1, -0.05) is 234 Å². The minimum absolute atomic E-state index is 0.169. The van der Waals surface area contributed by atoms with Crippen LogP contribution in [0.1, 0.15) is 72.2 Å². The quantitative estimate of drug-likeness (QED) is 0.154. The van der Waals surface area contributed by atoms with Crippen LogP contribution in [0, 0.1) is 0 Å². The number of benzene rings is 10. The van der Waals surface area contributed by atoms with E-state index in [1.807, 2.05) is 0 Å². The van der Waals surface area contributed by atoms with Gasteiger partial charge in [-0.2, -0.15) is 0 Å². The Morgan fingerprint density at radius 3 is 1.24 bits per heavy atom. The second-order valence-corrected chi connectivity index (χ2v) is 20.0. The highest BCUT2D eigenvalue weighted by atomic mass is 15.1. The first-order valence-electron chi connectivity index (χ1n) is 24.1. The van der Waals surface area contributed by atoms with Gasteiger partial charge in [-0.05, 0) is 125 Å². The molecule has 0 bridgehead atoms. The zero-order valence-electron chi connectivity index (χ0n) is 39.0. The number of para-hydroxylation sites is 1. The van der Waals surface area contributed by atoms with Crippen molar-refractivity contribution >= 4 is 17.1 Å². The van der Waals surface area contributed by atoms with Crippen LogP contribution in [0.15, 0.2) is 237 Å². The summed E-state index contributed by atoms with van der Waals surface area (Å²) in [5, 5.41) is 0. The second kappa shape index (κ2) is 15.0. The summed E-state index contributed by atoms with van der Waals surface area (Å²) < 4.78 is 0. The molecule has 10 aromatic rings. The van der Waals surface area contributed by atoms with Crippen molar-refractivity contribution in [1.82, 2.24) is 0 Å². The van der Waals surface area contributed by atoms with Crippen molar-refractivity contribution in [2.24, 2.45) is 0 Å². The maximum atomic E-state index is 2.58. The molecule has 3 aliphatic carbocycles. The van der Waals surface area contributed by atoms with Crippen molar-refractivity contribution in [2.75, 3.05) is 4.90 Å². The standard InChI is InChI=1S/C67H51N/c1-65(2)58-27-15-11-24-52(58)55-38-33-47(41-61(55)65)67(48-34-39-56-53-25-12-16-28-59(53)66(3,4)62(56)42-48)60-29-17-13-26-54(60)57-40-37-50(43-63(57)67)68(49-35-31-45(32-36-49)44-19-7-5-8-20-44)64-30-18-14-23-51(64)46-21-9-6-10-22-46/h5-43H,1-4H3. The van der Waals surface area contributed by atoms with Gasteiger partial charge in [0, 0.05) is 27.8 Å². The van der Waals surface area contributed by atoms with E-state index in [4.69, 9.17) is 0 Å². The van der Waals surface area contributed by atoms with Gasteiger partial charge in [0.1, 0.15) is 0 Å². The summed E-state index contributed by atoms with van der Waals surface area (Å²) in [6.45, 7) is 9.62. The van der Waals surface area contributed by atoms with E-state index in [-0.39, 0.29) is 10.8 Å². The van der Waals surface area contributed by atoms with Gasteiger partial charge in [-0.25, -0.2) is 0 Å². The van der Waals surface area contributed by atoms with E-state index in [2.05, 4.69) is 269 Å². The van der Waals surface area contributed by atoms with Crippen LogP contribution in [-0.4, -0.2) is 0 Å². The average Bonchev–Trinajstić information content (AvgIpc) is 3.91. The van der Waals surface area contributed by atoms with Gasteiger partial charge in [-0.15, -0.1) is 0 Å². The molecule has 1 nitrogen and oxygen atoms in total. The molecular weight excluding hydrogens is 819 g/mol. The highest BCUT2D eigenvalue weighted by Gasteiger charge is 2.49. The Morgan fingerprint density at radius 2 is 0.662 bits per heavy atom. The Bertz CT molecular complexity index is 3510. The lowest BCUT2D eigenvalue weighted by molar-refractivity contribution is 0.651. The number of nitrogens with zero attached hydrogens (tertiary/aromatic N) is 1. The molecule has 0 radical (unpaired) electrons. The topological polar surface area (TPSA) is 3.24 Å². The Morgan fingerprint density at radius 1 is 0.265 bits per heavy atom. The van der Waals surface area contributed by atoms with Gasteiger partial charge >= 0.3 is 0 Å². The molecule has 0 saturated heterocycles. The molecular formula is C67H51N. The maximum Gasteiger partial charge on any atom is 0.0714 e. The Kier molecular flexibility index (Phi) is 8.89. The Labute approximate surface area is 400 Å². The molecule has 0 atom stereocenters. The summed E-state index contributed by atoms with van der Waals surface area (Å²) in [5.41, 5.74) is 25.7. The third kappa shape index (κ3) is 5.75. The summed E-state index contributed by atoms with van der Waals surface area (Å²) in [6, 6.07) is 88.9. The summed E-state index contributed by atoms with van der Waals surface area (Å²) >= 11 is 0. The number of fused-ring (bicyclic) bond motifs is 9. The van der Waals surface area contributed by atoms with Crippen LogP contribution < -0.4 is 4.90 Å². The zero-order valence-corrected chi connectivity index (χ0v) is 39.0. The summed E-state index contributed by atoms with van der Waals surface area (Å²) in [7, 11) is 0. The van der Waals surface area contributed by atoms with Crippen molar-refractivity contribution in [3.63, 3.8) is 0 Å². The summed E-state index contributed by atoms with van der Waals surface area (Å²) in [6.07, 6.45) is 0. The minimum atomic E-state index is -0.649. The molecule has 0 unspecified atom stereocenters. The first kappa shape index (κ1) is 40.3. The first-order chi connectivity index (χ1) is 33.2. The van der Waals surface area contributed by atoms with Crippen LogP contribution in [0.5, 0.6) is 0 Å². The van der Waals surface area contributed by atoms with E-state index in [9.17, 15) is 0 Å². The smallest absolute Gasteiger partial charge is 0.0714 e. The molecule has 0 saturated carbocycles. The third-order valence-corrected chi connectivity index (χ3v) is 15.8. The molecule has 10 aromatic carbocycles. The Balaban J connectivity index is 1.09. The van der Waals surface area contributed by atoms with Crippen molar-refractivity contribution in [3.05, 3.63) is 281 Å². The first-order valence-corrected chi connectivity index (χ1v) is 24.1. The van der Waals surface area contributed by atoms with E-state index in [1.54, 1.807) is 0 Å². The highest BCUT2D eigenvalue weighted by molar-refractivity contribution is 5.94. The maximum absolute atomic E-state index is 2.58. The summed E-state index contributed by atoms with van der Waals surface area (Å²) in [5.74, 6) is 0. The van der Waals surface area contributed by atoms with Crippen LogP contribution >= 0.6 is 0 Å². The number of hydrogen-bond donors (Lipinski definition) is 0. The van der Waals surface area contributed by atoms with Gasteiger partial charge < -0.3 is 4.90 Å². The highest BCUT2D eigenvalue weighted by Crippen LogP contribution is 2.61. The molecule has 0 amide bonds. The normalized spacial score (nSPS) is 14.8. The van der Waals surface area contributed by atoms with Crippen molar-refractivity contribution in [1.29, 1.82) is 0 Å². The molecule has 0 aliphatic heterocycles. The van der Waals surface area contributed by atoms with Crippen LogP contribution in [0.25, 0.3) is 55.6 Å². The number of anilines is 3. The largest absolute Gasteiger partial charge is 0.310 e. The van der Waals surface area contributed by atoms with Crippen molar-refractivity contribution in [2.45, 2.75) is 43.9 Å². The second-order valence-electron chi connectivity index (χ2n) is 20.0. The van der Waals surface area contributed by atoms with E-state index >= 15 is 0 Å². The van der Waals surface area contributed by atoms with Gasteiger partial charge in [0.15, 0.2) is 0 Å². The van der Waals surface area contributed by atoms with E-state index in [0.29, 0.717) is 0 Å². The summed E-state index contributed by atoms with van der Waals surface area (Å²) in [4.78, 5) is 2.48. The molecule has 0 fully saturated rings. The van der Waals surface area contributed by atoms with Crippen LogP contribution in [-0.2, 0) is 16.2 Å². The van der Waals surface area contributed by atoms with Crippen LogP contribution in [0.2, 0.25) is 0 Å². The van der Waals surface area contributed by atoms with Gasteiger partial charge in [0.2, 0.25) is 0 Å². The number of rotatable bonds is 7. The molecule has 0 aromatic heterocycles. The van der Waals surface area contributed by atoms with Crippen LogP contribution in [0.3, 0.4) is 0 Å². The van der Waals surface area contributed by atoms with Gasteiger partial charge in [0.25, 0.3) is 0 Å². The molecule has 1 heteroatoms. The fourth-order valence-corrected chi connectivity index (χ4v) is 12.5. The zero-order chi connectivity index (χ0) is 45.8. The molecule has 3 aliphatic rings. The lowest BCUT2D eigenvalue weighted by atomic mass is 9.65. The van der Waals surface area contributed by atoms with E-state index < -0.39 is 5.41 Å². The molecule has 0 N–H and O–H groups in total. The molecule has 68 heavy (non-hydrogen) atoms. The van der Waals surface area contributed by atoms with Crippen molar-refractivity contribution < 1.29 is 0 Å². The van der Waals surface area contributed by atoms with Crippen molar-refractivity contribution in [3.8, 4) is 55.6 Å². The van der Waals surface area contributed by atoms with E-state index in [0.717, 1.165) is 17.1 Å². The lowest BCUT2D eigenvalue weighted by Crippen LogP contribution is -2.30. The number of hydrogen-bond acceptors (Lipinski definition) is 1. The van der Waals surface area contributed by atoms with Crippen LogP contribution in [0.4, 0.5) is 17.1 Å². The molecule has 13 rings (SSSR count). The fraction of sp³-hybridized carbons (Fsp3) is 0.104. The molecule has 0 heterocycles. The predicted octanol–water partition coefficient (Wildman–Crippen LogP) is 17.5. The SMILES string of the molecule is CC1(C)c2ccccc2-c2ccc(C3(c4ccc5c(c4)C(C)(C)c4ccccc4-5)c4ccccc4-c4ccc(N(c5ccc(-c6ccccc6)cc5)c5ccccc5-c5ccccc5)cc43)cc21. The van der Waals surface area contributed by atoms with Gasteiger partial charge in [-0.3, -0.25) is 0 Å². The fourth-order valence-electron chi connectivity index (χ4n) is 12.5. The lowest BCUT2D eigenvalue weighted by Gasteiger charge is -2.37. The monoisotopic (exact) mass is 869 g/mol. The molecule has 0 spiro atoms.